The molecule has 0 saturated carbocycles. The fourth-order valence-corrected chi connectivity index (χ4v) is 5.80. The minimum absolute atomic E-state index is 0. The molecule has 0 spiro atoms. The van der Waals surface area contributed by atoms with Crippen LogP contribution >= 0.6 is 11.8 Å². The zero-order valence-electron chi connectivity index (χ0n) is 28.3. The largest absolute Gasteiger partial charge is 2.00 e. The zero-order valence-corrected chi connectivity index (χ0v) is 30.1. The molecule has 0 bridgehead atoms. The third kappa shape index (κ3) is 14.6. The van der Waals surface area contributed by atoms with Crippen LogP contribution in [0.25, 0.3) is 0 Å². The van der Waals surface area contributed by atoms with E-state index in [2.05, 4.69) is 41.5 Å². The van der Waals surface area contributed by atoms with Gasteiger partial charge in [0.25, 0.3) is 0 Å². The number of para-hydroxylation sites is 2. The number of hydrogen-bond donors (Lipinski definition) is 2. The Morgan fingerprint density at radius 1 is 0.522 bits per heavy atom. The summed E-state index contributed by atoms with van der Waals surface area (Å²) >= 11 is 1.22. The van der Waals surface area contributed by atoms with E-state index >= 15 is 0 Å². The van der Waals surface area contributed by atoms with Gasteiger partial charge in [0.1, 0.15) is 11.5 Å². The van der Waals surface area contributed by atoms with E-state index in [0.29, 0.717) is 21.3 Å². The molecule has 0 aliphatic carbocycles. The van der Waals surface area contributed by atoms with Crippen molar-refractivity contribution in [2.24, 2.45) is 0 Å². The topological polar surface area (TPSA) is 86.6 Å². The molecule has 4 aromatic rings. The van der Waals surface area contributed by atoms with E-state index < -0.39 is 0 Å². The Labute approximate surface area is 292 Å². The maximum Gasteiger partial charge on any atom is 2.00 e. The Bertz CT molecular complexity index is 1280. The van der Waals surface area contributed by atoms with Crippen LogP contribution in [0.5, 0.6) is 23.0 Å². The van der Waals surface area contributed by atoms with Gasteiger partial charge in [0, 0.05) is 9.79 Å². The van der Waals surface area contributed by atoms with Crippen LogP contribution in [-0.4, -0.2) is 10.2 Å². The second-order valence-corrected chi connectivity index (χ2v) is 13.9. The van der Waals surface area contributed by atoms with Gasteiger partial charge in [-0.25, -0.2) is 0 Å². The summed E-state index contributed by atoms with van der Waals surface area (Å²) in [5.41, 5.74) is 3.08. The van der Waals surface area contributed by atoms with Crippen LogP contribution in [0.3, 0.4) is 0 Å². The van der Waals surface area contributed by atoms with Crippen molar-refractivity contribution in [3.05, 3.63) is 108 Å². The molecule has 0 amide bonds. The van der Waals surface area contributed by atoms with Gasteiger partial charge < -0.3 is 20.4 Å². The maximum atomic E-state index is 11.4. The van der Waals surface area contributed by atoms with Gasteiger partial charge in [0.2, 0.25) is 0 Å². The molecule has 46 heavy (non-hydrogen) atoms. The molecule has 252 valence electrons. The van der Waals surface area contributed by atoms with Gasteiger partial charge in [-0.3, -0.25) is 0 Å². The third-order valence-corrected chi connectivity index (χ3v) is 9.14. The predicted molar refractivity (Wildman–Crippen MR) is 186 cm³/mol. The summed E-state index contributed by atoms with van der Waals surface area (Å²) in [6.45, 7) is 13.6. The zero-order chi connectivity index (χ0) is 33.3. The molecule has 4 nitrogen and oxygen atoms in total. The Balaban J connectivity index is 0.000000341. The Hall–Kier alpha value is -3.08. The molecule has 4 rings (SSSR count). The summed E-state index contributed by atoms with van der Waals surface area (Å²) in [6, 6.07) is 28.6. The van der Waals surface area contributed by atoms with E-state index in [0.717, 1.165) is 0 Å². The van der Waals surface area contributed by atoms with Gasteiger partial charge in [0.05, 0.1) is 0 Å². The molecule has 0 atom stereocenters. The normalized spacial score (nSPS) is 10.9. The summed E-state index contributed by atoms with van der Waals surface area (Å²) in [7, 11) is 0. The first kappa shape index (κ1) is 40.9. The van der Waals surface area contributed by atoms with Crippen molar-refractivity contribution >= 4 is 11.8 Å². The number of rotatable bonds is 12. The molecule has 0 fully saturated rings. The summed E-state index contributed by atoms with van der Waals surface area (Å²) in [6.07, 6.45) is 10.1. The van der Waals surface area contributed by atoms with Crippen molar-refractivity contribution in [1.82, 2.24) is 0 Å². The van der Waals surface area contributed by atoms with E-state index in [-0.39, 0.29) is 38.8 Å². The molecule has 0 unspecified atom stereocenters. The van der Waals surface area contributed by atoms with Crippen molar-refractivity contribution in [2.45, 2.75) is 114 Å². The van der Waals surface area contributed by atoms with E-state index in [1.165, 1.54) is 86.4 Å². The van der Waals surface area contributed by atoms with Crippen LogP contribution in [0.2, 0.25) is 0 Å². The van der Waals surface area contributed by atoms with Crippen LogP contribution in [0.15, 0.2) is 107 Å². The molecule has 0 radical (unpaired) electrons. The van der Waals surface area contributed by atoms with Crippen molar-refractivity contribution < 1.29 is 36.9 Å². The number of unbranched alkanes of at least 4 members (excludes halogenated alkanes) is 4. The number of benzene rings is 4. The van der Waals surface area contributed by atoms with Crippen LogP contribution in [-0.2, 0) is 27.3 Å². The Kier molecular flexibility index (Phi) is 18.6. The summed E-state index contributed by atoms with van der Waals surface area (Å²) in [4.78, 5) is 1.17. The standard InChI is InChI=1S/2C14H22O.C12H10O2S.Ni/c2*1-4-5-6-11-14(2,3)12-7-9-13(15)10-8-12;13-9-5-1-3-7-11(9)15-12-8-4-2-6-10(12)14;/h2*7-10,15H,4-6,11H2,1-3H3;1-8,13-14H;/q;;;+2/p-2. The van der Waals surface area contributed by atoms with Crippen molar-refractivity contribution in [3.63, 3.8) is 0 Å². The molecule has 0 aliphatic rings. The van der Waals surface area contributed by atoms with Crippen LogP contribution < -0.4 is 10.2 Å². The number of phenols is 2. The van der Waals surface area contributed by atoms with Gasteiger partial charge in [-0.15, -0.1) is 0 Å². The molecule has 0 aromatic heterocycles. The average molecular weight is 688 g/mol. The van der Waals surface area contributed by atoms with E-state index in [4.69, 9.17) is 0 Å². The van der Waals surface area contributed by atoms with Gasteiger partial charge in [-0.05, 0) is 71.2 Å². The first-order valence-electron chi connectivity index (χ1n) is 16.2. The third-order valence-electron chi connectivity index (χ3n) is 8.03. The maximum absolute atomic E-state index is 11.4. The Morgan fingerprint density at radius 2 is 0.848 bits per heavy atom. The van der Waals surface area contributed by atoms with Crippen LogP contribution in [0, 0.1) is 0 Å². The first-order chi connectivity index (χ1) is 21.4. The molecule has 2 N–H and O–H groups in total. The quantitative estimate of drug-likeness (QED) is 0.114. The second-order valence-electron chi connectivity index (χ2n) is 12.8. The predicted octanol–water partition coefficient (Wildman–Crippen LogP) is 10.5. The van der Waals surface area contributed by atoms with E-state index in [9.17, 15) is 20.4 Å². The SMILES string of the molecule is CCCCCC(C)(C)c1ccc(O)cc1.CCCCCC(C)(C)c1ccc(O)cc1.[Ni+2].[O-]c1ccccc1Sc1ccccc1[O-]. The van der Waals surface area contributed by atoms with Crippen molar-refractivity contribution in [1.29, 1.82) is 0 Å². The molecular weight excluding hydrogens is 635 g/mol. The summed E-state index contributed by atoms with van der Waals surface area (Å²) in [5.74, 6) is 0.600. The second kappa shape index (κ2) is 20.9. The average Bonchev–Trinajstić information content (AvgIpc) is 3.01. The molecule has 0 heterocycles. The van der Waals surface area contributed by atoms with Crippen molar-refractivity contribution in [2.75, 3.05) is 0 Å². The minimum atomic E-state index is -0.0502. The molecule has 0 aliphatic heterocycles. The number of aromatic hydroxyl groups is 2. The number of phenolic OH excluding ortho intramolecular Hbond substituents is 2. The van der Waals surface area contributed by atoms with Gasteiger partial charge in [0.15, 0.2) is 0 Å². The molecule has 4 aromatic carbocycles. The fraction of sp³-hybridized carbons (Fsp3) is 0.400. The van der Waals surface area contributed by atoms with Gasteiger partial charge in [-0.2, -0.15) is 0 Å². The molecule has 6 heteroatoms. The van der Waals surface area contributed by atoms with Crippen LogP contribution in [0.1, 0.15) is 104 Å². The van der Waals surface area contributed by atoms with Crippen LogP contribution in [0.4, 0.5) is 0 Å². The van der Waals surface area contributed by atoms with Gasteiger partial charge >= 0.3 is 16.5 Å². The minimum Gasteiger partial charge on any atom is -0.872 e. The smallest absolute Gasteiger partial charge is 0.872 e. The van der Waals surface area contributed by atoms with E-state index in [1.54, 1.807) is 60.7 Å². The number of hydrogen-bond acceptors (Lipinski definition) is 5. The van der Waals surface area contributed by atoms with Crippen molar-refractivity contribution in [3.8, 4) is 23.0 Å². The van der Waals surface area contributed by atoms with Gasteiger partial charge in [-0.1, -0.05) is 164 Å². The molecule has 0 saturated heterocycles. The fourth-order valence-electron chi connectivity index (χ4n) is 4.94. The summed E-state index contributed by atoms with van der Waals surface area (Å²) in [5, 5.41) is 41.3. The monoisotopic (exact) mass is 686 g/mol. The Morgan fingerprint density at radius 3 is 1.15 bits per heavy atom. The van der Waals surface area contributed by atoms with E-state index in [1.807, 2.05) is 24.3 Å². The first-order valence-corrected chi connectivity index (χ1v) is 17.0. The summed E-state index contributed by atoms with van der Waals surface area (Å²) < 4.78 is 0. The molecular formula is C40H52NiO4S.